The molecule has 0 radical (unpaired) electrons. The molecule has 4 heteroatoms. The van der Waals surface area contributed by atoms with Crippen molar-refractivity contribution in [2.24, 2.45) is 0 Å². The Morgan fingerprint density at radius 2 is 1.63 bits per heavy atom. The fourth-order valence-electron chi connectivity index (χ4n) is 4.71. The van der Waals surface area contributed by atoms with Crippen LogP contribution in [0.3, 0.4) is 0 Å². The standard InChI is InChI=1S/C26H27BrN2O/c1-5-20-25(21(6-2)29-28-20)26(23-15(3)13-18(27)14-16(23)4)24-19-10-8-7-9-17(19)11-12-22(24)30/h7-14,26,30H,5-6H2,1-4H3,(H,28,29). The summed E-state index contributed by atoms with van der Waals surface area (Å²) in [5.74, 6) is 0.221. The minimum Gasteiger partial charge on any atom is -0.508 e. The third-order valence-corrected chi connectivity index (χ3v) is 6.48. The van der Waals surface area contributed by atoms with E-state index in [1.807, 2.05) is 24.3 Å². The van der Waals surface area contributed by atoms with Gasteiger partial charge in [-0.25, -0.2) is 0 Å². The molecule has 0 aliphatic carbocycles. The number of nitrogens with zero attached hydrogens (tertiary/aromatic N) is 1. The fourth-order valence-corrected chi connectivity index (χ4v) is 5.39. The van der Waals surface area contributed by atoms with Gasteiger partial charge in [-0.2, -0.15) is 5.10 Å². The van der Waals surface area contributed by atoms with Crippen molar-refractivity contribution in [2.75, 3.05) is 0 Å². The molecule has 3 aromatic carbocycles. The second-order valence-corrected chi connectivity index (χ2v) is 8.79. The third kappa shape index (κ3) is 3.43. The summed E-state index contributed by atoms with van der Waals surface area (Å²) in [6, 6.07) is 16.4. The van der Waals surface area contributed by atoms with Gasteiger partial charge < -0.3 is 5.11 Å². The van der Waals surface area contributed by atoms with E-state index in [9.17, 15) is 5.11 Å². The Labute approximate surface area is 186 Å². The molecule has 0 bridgehead atoms. The number of benzene rings is 3. The Bertz CT molecular complexity index is 1180. The average molecular weight is 463 g/mol. The van der Waals surface area contributed by atoms with Crippen molar-refractivity contribution >= 4 is 26.7 Å². The van der Waals surface area contributed by atoms with E-state index in [2.05, 4.69) is 78.1 Å². The predicted molar refractivity (Wildman–Crippen MR) is 128 cm³/mol. The minimum absolute atomic E-state index is 0.104. The summed E-state index contributed by atoms with van der Waals surface area (Å²) in [6.45, 7) is 8.59. The van der Waals surface area contributed by atoms with Crippen LogP contribution in [0.15, 0.2) is 53.0 Å². The molecule has 3 nitrogen and oxygen atoms in total. The largest absolute Gasteiger partial charge is 0.508 e. The van der Waals surface area contributed by atoms with Crippen molar-refractivity contribution in [3.8, 4) is 5.75 Å². The van der Waals surface area contributed by atoms with Crippen LogP contribution in [0.1, 0.15) is 59.0 Å². The van der Waals surface area contributed by atoms with E-state index in [1.165, 1.54) is 22.3 Å². The van der Waals surface area contributed by atoms with Gasteiger partial charge in [-0.15, -0.1) is 0 Å². The molecule has 2 N–H and O–H groups in total. The summed E-state index contributed by atoms with van der Waals surface area (Å²) >= 11 is 3.64. The molecule has 154 valence electrons. The number of hydrogen-bond donors (Lipinski definition) is 2. The quantitative estimate of drug-likeness (QED) is 0.336. The Balaban J connectivity index is 2.15. The second kappa shape index (κ2) is 8.27. The van der Waals surface area contributed by atoms with Crippen LogP contribution in [0.5, 0.6) is 5.75 Å². The van der Waals surface area contributed by atoms with Gasteiger partial charge in [-0.3, -0.25) is 5.10 Å². The zero-order valence-corrected chi connectivity index (χ0v) is 19.5. The molecule has 0 amide bonds. The first-order valence-electron chi connectivity index (χ1n) is 10.5. The topological polar surface area (TPSA) is 48.9 Å². The lowest BCUT2D eigenvalue weighted by atomic mass is 9.77. The van der Waals surface area contributed by atoms with Crippen molar-refractivity contribution in [1.82, 2.24) is 10.2 Å². The number of aromatic nitrogens is 2. The highest BCUT2D eigenvalue weighted by atomic mass is 79.9. The molecule has 0 saturated carbocycles. The van der Waals surface area contributed by atoms with E-state index in [0.29, 0.717) is 5.75 Å². The Kier molecular flexibility index (Phi) is 5.70. The molecule has 4 rings (SSSR count). The van der Waals surface area contributed by atoms with Crippen LogP contribution in [0.4, 0.5) is 0 Å². The summed E-state index contributed by atoms with van der Waals surface area (Å²) in [4.78, 5) is 0. The van der Waals surface area contributed by atoms with Crippen LogP contribution in [0, 0.1) is 13.8 Å². The lowest BCUT2D eigenvalue weighted by molar-refractivity contribution is 0.468. The lowest BCUT2D eigenvalue weighted by Gasteiger charge is -2.26. The number of aromatic hydroxyl groups is 1. The van der Waals surface area contributed by atoms with Crippen LogP contribution in [0.25, 0.3) is 10.8 Å². The number of H-pyrrole nitrogens is 1. The number of phenolic OH excluding ortho intramolecular Hbond substituents is 1. The van der Waals surface area contributed by atoms with E-state index in [0.717, 1.165) is 45.0 Å². The number of phenols is 1. The molecular weight excluding hydrogens is 436 g/mol. The Hall–Kier alpha value is -2.59. The van der Waals surface area contributed by atoms with Gasteiger partial charge in [-0.05, 0) is 72.4 Å². The van der Waals surface area contributed by atoms with Gasteiger partial charge in [0, 0.05) is 27.2 Å². The highest BCUT2D eigenvalue weighted by molar-refractivity contribution is 9.10. The molecule has 30 heavy (non-hydrogen) atoms. The summed E-state index contributed by atoms with van der Waals surface area (Å²) in [7, 11) is 0. The lowest BCUT2D eigenvalue weighted by Crippen LogP contribution is -2.12. The molecule has 1 atom stereocenters. The van der Waals surface area contributed by atoms with Crippen molar-refractivity contribution in [1.29, 1.82) is 0 Å². The van der Waals surface area contributed by atoms with Gasteiger partial charge in [0.05, 0.1) is 5.69 Å². The number of nitrogens with one attached hydrogen (secondary N) is 1. The van der Waals surface area contributed by atoms with Crippen LogP contribution in [-0.2, 0) is 12.8 Å². The van der Waals surface area contributed by atoms with Crippen LogP contribution < -0.4 is 0 Å². The molecular formula is C26H27BrN2O. The van der Waals surface area contributed by atoms with Gasteiger partial charge in [-0.1, -0.05) is 60.1 Å². The maximum atomic E-state index is 11.2. The number of hydrogen-bond acceptors (Lipinski definition) is 2. The maximum Gasteiger partial charge on any atom is 0.120 e. The first-order chi connectivity index (χ1) is 14.5. The molecule has 0 saturated heterocycles. The van der Waals surface area contributed by atoms with E-state index in [4.69, 9.17) is 0 Å². The monoisotopic (exact) mass is 462 g/mol. The zero-order valence-electron chi connectivity index (χ0n) is 17.9. The molecule has 0 aliphatic heterocycles. The molecule has 0 fully saturated rings. The normalized spacial score (nSPS) is 12.4. The third-order valence-electron chi connectivity index (χ3n) is 6.02. The van der Waals surface area contributed by atoms with E-state index >= 15 is 0 Å². The summed E-state index contributed by atoms with van der Waals surface area (Å²) in [6.07, 6.45) is 1.70. The van der Waals surface area contributed by atoms with Gasteiger partial charge in [0.1, 0.15) is 5.75 Å². The summed E-state index contributed by atoms with van der Waals surface area (Å²) in [5.41, 5.74) is 7.97. The van der Waals surface area contributed by atoms with Crippen molar-refractivity contribution in [3.63, 3.8) is 0 Å². The number of aryl methyl sites for hydroxylation is 4. The van der Waals surface area contributed by atoms with E-state index in [-0.39, 0.29) is 5.92 Å². The molecule has 4 aromatic rings. The van der Waals surface area contributed by atoms with E-state index < -0.39 is 0 Å². The summed E-state index contributed by atoms with van der Waals surface area (Å²) < 4.78 is 1.07. The zero-order chi connectivity index (χ0) is 21.4. The van der Waals surface area contributed by atoms with Crippen LogP contribution >= 0.6 is 15.9 Å². The highest BCUT2D eigenvalue weighted by Gasteiger charge is 2.30. The van der Waals surface area contributed by atoms with Crippen molar-refractivity contribution in [2.45, 2.75) is 46.5 Å². The fraction of sp³-hybridized carbons (Fsp3) is 0.269. The Morgan fingerprint density at radius 1 is 0.933 bits per heavy atom. The van der Waals surface area contributed by atoms with Crippen molar-refractivity contribution in [3.05, 3.63) is 92.2 Å². The van der Waals surface area contributed by atoms with Crippen molar-refractivity contribution < 1.29 is 5.11 Å². The van der Waals surface area contributed by atoms with Gasteiger partial charge in [0.15, 0.2) is 0 Å². The SMILES string of the molecule is CCc1n[nH]c(CC)c1C(c1c(C)cc(Br)cc1C)c1c(O)ccc2ccccc12. The van der Waals surface area contributed by atoms with Gasteiger partial charge >= 0.3 is 0 Å². The average Bonchev–Trinajstić information content (AvgIpc) is 3.14. The maximum absolute atomic E-state index is 11.2. The number of fused-ring (bicyclic) bond motifs is 1. The smallest absolute Gasteiger partial charge is 0.120 e. The molecule has 1 unspecified atom stereocenters. The van der Waals surface area contributed by atoms with Crippen LogP contribution in [-0.4, -0.2) is 15.3 Å². The predicted octanol–water partition coefficient (Wildman–Crippen LogP) is 6.95. The second-order valence-electron chi connectivity index (χ2n) is 7.88. The van der Waals surface area contributed by atoms with E-state index in [1.54, 1.807) is 0 Å². The number of halogens is 1. The Morgan fingerprint density at radius 3 is 2.30 bits per heavy atom. The molecule has 1 aromatic heterocycles. The van der Waals surface area contributed by atoms with Gasteiger partial charge in [0.25, 0.3) is 0 Å². The summed E-state index contributed by atoms with van der Waals surface area (Å²) in [5, 5.41) is 21.3. The first kappa shape index (κ1) is 20.7. The molecule has 0 spiro atoms. The number of rotatable bonds is 5. The molecule has 0 aliphatic rings. The minimum atomic E-state index is -0.104. The van der Waals surface area contributed by atoms with Gasteiger partial charge in [0.2, 0.25) is 0 Å². The molecule has 1 heterocycles. The highest BCUT2D eigenvalue weighted by Crippen LogP contribution is 2.45. The first-order valence-corrected chi connectivity index (χ1v) is 11.3. The number of aromatic amines is 1. The van der Waals surface area contributed by atoms with Crippen LogP contribution in [0.2, 0.25) is 0 Å².